The summed E-state index contributed by atoms with van der Waals surface area (Å²) < 4.78 is 4.77. The van der Waals surface area contributed by atoms with Gasteiger partial charge in [0.2, 0.25) is 5.76 Å². The van der Waals surface area contributed by atoms with Crippen LogP contribution in [0.15, 0.2) is 17.0 Å². The zero-order chi connectivity index (χ0) is 8.10. The van der Waals surface area contributed by atoms with E-state index < -0.39 is 0 Å². The van der Waals surface area contributed by atoms with E-state index in [9.17, 15) is 4.79 Å². The van der Waals surface area contributed by atoms with E-state index in [1.807, 2.05) is 6.92 Å². The maximum Gasteiger partial charge on any atom is 0.288 e. The average molecular weight is 154 g/mol. The second-order valence-electron chi connectivity index (χ2n) is 2.12. The van der Waals surface area contributed by atoms with Crippen LogP contribution in [0.4, 0.5) is 0 Å². The molecule has 0 radical (unpaired) electrons. The summed E-state index contributed by atoms with van der Waals surface area (Å²) in [7, 11) is 0. The van der Waals surface area contributed by atoms with Gasteiger partial charge >= 0.3 is 0 Å². The first kappa shape index (κ1) is 7.78. The average Bonchev–Trinajstić information content (AvgIpc) is 2.52. The highest BCUT2D eigenvalue weighted by Gasteiger charge is 2.06. The fourth-order valence-electron chi connectivity index (χ4n) is 0.654. The molecule has 0 aliphatic carbocycles. The molecule has 0 saturated carbocycles. The molecule has 60 valence electrons. The van der Waals surface area contributed by atoms with Crippen LogP contribution in [0, 0.1) is 0 Å². The van der Waals surface area contributed by atoms with Crippen LogP contribution in [0.1, 0.15) is 23.9 Å². The molecule has 0 aromatic carbocycles. The molecular weight excluding hydrogens is 144 g/mol. The monoisotopic (exact) mass is 154 g/mol. The van der Waals surface area contributed by atoms with E-state index >= 15 is 0 Å². The van der Waals surface area contributed by atoms with Crippen LogP contribution in [0.3, 0.4) is 0 Å². The normalized spacial score (nSPS) is 9.55. The summed E-state index contributed by atoms with van der Waals surface area (Å²) in [5, 5.41) is 2.66. The Morgan fingerprint density at radius 3 is 3.18 bits per heavy atom. The number of oxazole rings is 1. The summed E-state index contributed by atoms with van der Waals surface area (Å²) in [5.41, 5.74) is 0. The van der Waals surface area contributed by atoms with Gasteiger partial charge in [0, 0.05) is 6.54 Å². The third kappa shape index (κ3) is 2.07. The number of rotatable bonds is 3. The highest BCUT2D eigenvalue weighted by atomic mass is 16.3. The van der Waals surface area contributed by atoms with E-state index in [2.05, 4.69) is 10.3 Å². The molecule has 0 spiro atoms. The van der Waals surface area contributed by atoms with E-state index in [-0.39, 0.29) is 11.7 Å². The van der Waals surface area contributed by atoms with Crippen LogP contribution in [-0.4, -0.2) is 17.4 Å². The lowest BCUT2D eigenvalue weighted by molar-refractivity contribution is 0.0926. The van der Waals surface area contributed by atoms with Gasteiger partial charge in [0.15, 0.2) is 6.39 Å². The quantitative estimate of drug-likeness (QED) is 0.701. The second kappa shape index (κ2) is 3.75. The summed E-state index contributed by atoms with van der Waals surface area (Å²) in [4.78, 5) is 14.6. The molecule has 0 bridgehead atoms. The standard InChI is InChI=1S/C7H10N2O2/c1-2-3-9-7(10)6-4-8-5-11-6/h4-5H,2-3H2,1H3,(H,9,10). The molecule has 0 aliphatic heterocycles. The Morgan fingerprint density at radius 2 is 2.64 bits per heavy atom. The molecule has 1 heterocycles. The van der Waals surface area contributed by atoms with Gasteiger partial charge < -0.3 is 9.73 Å². The van der Waals surface area contributed by atoms with Crippen molar-refractivity contribution in [3.63, 3.8) is 0 Å². The fraction of sp³-hybridized carbons (Fsp3) is 0.429. The molecule has 4 heteroatoms. The van der Waals surface area contributed by atoms with Crippen LogP contribution in [0.2, 0.25) is 0 Å². The highest BCUT2D eigenvalue weighted by molar-refractivity contribution is 5.90. The van der Waals surface area contributed by atoms with Crippen molar-refractivity contribution in [2.75, 3.05) is 6.54 Å². The third-order valence-corrected chi connectivity index (χ3v) is 1.19. The van der Waals surface area contributed by atoms with Crippen molar-refractivity contribution >= 4 is 5.91 Å². The van der Waals surface area contributed by atoms with Crippen LogP contribution >= 0.6 is 0 Å². The van der Waals surface area contributed by atoms with E-state index in [0.29, 0.717) is 6.54 Å². The van der Waals surface area contributed by atoms with Gasteiger partial charge in [0.05, 0.1) is 6.20 Å². The smallest absolute Gasteiger partial charge is 0.288 e. The number of nitrogens with one attached hydrogen (secondary N) is 1. The fourth-order valence-corrected chi connectivity index (χ4v) is 0.654. The summed E-state index contributed by atoms with van der Waals surface area (Å²) in [6.07, 6.45) is 3.55. The minimum Gasteiger partial charge on any atom is -0.438 e. The van der Waals surface area contributed by atoms with Gasteiger partial charge in [0.1, 0.15) is 0 Å². The molecule has 0 fully saturated rings. The van der Waals surface area contributed by atoms with E-state index in [1.54, 1.807) is 0 Å². The molecule has 1 rings (SSSR count). The zero-order valence-electron chi connectivity index (χ0n) is 6.33. The van der Waals surface area contributed by atoms with Gasteiger partial charge in [-0.15, -0.1) is 0 Å². The predicted molar refractivity (Wildman–Crippen MR) is 39.1 cm³/mol. The van der Waals surface area contributed by atoms with Gasteiger partial charge in [-0.05, 0) is 6.42 Å². The Labute approximate surface area is 64.6 Å². The molecule has 0 atom stereocenters. The number of amides is 1. The van der Waals surface area contributed by atoms with Crippen LogP contribution in [0.25, 0.3) is 0 Å². The van der Waals surface area contributed by atoms with Gasteiger partial charge in [-0.25, -0.2) is 4.98 Å². The Kier molecular flexibility index (Phi) is 2.66. The first-order valence-corrected chi connectivity index (χ1v) is 3.51. The molecule has 11 heavy (non-hydrogen) atoms. The minimum atomic E-state index is -0.204. The summed E-state index contributed by atoms with van der Waals surface area (Å²) in [6, 6.07) is 0. The van der Waals surface area contributed by atoms with Crippen LogP contribution in [-0.2, 0) is 0 Å². The lowest BCUT2D eigenvalue weighted by atomic mass is 10.4. The van der Waals surface area contributed by atoms with Gasteiger partial charge in [0.25, 0.3) is 5.91 Å². The molecule has 0 aliphatic rings. The zero-order valence-corrected chi connectivity index (χ0v) is 6.33. The maximum absolute atomic E-state index is 11.0. The number of hydrogen-bond acceptors (Lipinski definition) is 3. The lowest BCUT2D eigenvalue weighted by Crippen LogP contribution is -2.23. The SMILES string of the molecule is CCCNC(=O)c1cnco1. The van der Waals surface area contributed by atoms with Crippen molar-refractivity contribution in [1.29, 1.82) is 0 Å². The molecule has 4 nitrogen and oxygen atoms in total. The number of nitrogens with zero attached hydrogens (tertiary/aromatic N) is 1. The topological polar surface area (TPSA) is 55.1 Å². The highest BCUT2D eigenvalue weighted by Crippen LogP contribution is 1.94. The van der Waals surface area contributed by atoms with E-state index in [0.717, 1.165) is 6.42 Å². The van der Waals surface area contributed by atoms with Crippen molar-refractivity contribution in [3.05, 3.63) is 18.4 Å². The molecule has 0 saturated heterocycles. The third-order valence-electron chi connectivity index (χ3n) is 1.19. The number of carbonyl (C=O) groups is 1. The van der Waals surface area contributed by atoms with Crippen molar-refractivity contribution < 1.29 is 9.21 Å². The number of aromatic nitrogens is 1. The first-order valence-electron chi connectivity index (χ1n) is 3.51. The molecule has 0 unspecified atom stereocenters. The van der Waals surface area contributed by atoms with Crippen molar-refractivity contribution in [3.8, 4) is 0 Å². The van der Waals surface area contributed by atoms with Gasteiger partial charge in [-0.3, -0.25) is 4.79 Å². The van der Waals surface area contributed by atoms with Crippen molar-refractivity contribution in [2.45, 2.75) is 13.3 Å². The van der Waals surface area contributed by atoms with E-state index in [1.165, 1.54) is 12.6 Å². The Bertz CT molecular complexity index is 218. The number of hydrogen-bond donors (Lipinski definition) is 1. The van der Waals surface area contributed by atoms with Crippen LogP contribution < -0.4 is 5.32 Å². The maximum atomic E-state index is 11.0. The summed E-state index contributed by atoms with van der Waals surface area (Å²) in [5.74, 6) is 0.0581. The summed E-state index contributed by atoms with van der Waals surface area (Å²) >= 11 is 0. The van der Waals surface area contributed by atoms with Crippen LogP contribution in [0.5, 0.6) is 0 Å². The molecule has 1 N–H and O–H groups in total. The van der Waals surface area contributed by atoms with Crippen molar-refractivity contribution in [2.24, 2.45) is 0 Å². The first-order chi connectivity index (χ1) is 5.34. The molecule has 1 aromatic rings. The van der Waals surface area contributed by atoms with Crippen molar-refractivity contribution in [1.82, 2.24) is 10.3 Å². The van der Waals surface area contributed by atoms with Gasteiger partial charge in [-0.1, -0.05) is 6.92 Å². The second-order valence-corrected chi connectivity index (χ2v) is 2.12. The predicted octanol–water partition coefficient (Wildman–Crippen LogP) is 0.814. The Hall–Kier alpha value is -1.32. The Morgan fingerprint density at radius 1 is 1.82 bits per heavy atom. The minimum absolute atomic E-state index is 0.204. The summed E-state index contributed by atoms with van der Waals surface area (Å²) in [6.45, 7) is 2.65. The van der Waals surface area contributed by atoms with Gasteiger partial charge in [-0.2, -0.15) is 0 Å². The molecular formula is C7H10N2O2. The molecule has 1 amide bonds. The lowest BCUT2D eigenvalue weighted by Gasteiger charge is -1.97. The number of carbonyl (C=O) groups excluding carboxylic acids is 1. The largest absolute Gasteiger partial charge is 0.438 e. The molecule has 1 aromatic heterocycles. The Balaban J connectivity index is 2.43. The van der Waals surface area contributed by atoms with E-state index in [4.69, 9.17) is 4.42 Å².